The van der Waals surface area contributed by atoms with Crippen molar-refractivity contribution in [1.29, 1.82) is 0 Å². The molecule has 0 saturated carbocycles. The van der Waals surface area contributed by atoms with E-state index in [1.807, 2.05) is 0 Å². The van der Waals surface area contributed by atoms with E-state index in [1.54, 1.807) is 12.2 Å². The maximum absolute atomic E-state index is 12.6. The number of ether oxygens (including phenoxy) is 1. The van der Waals surface area contributed by atoms with Crippen LogP contribution in [0.4, 0.5) is 13.2 Å². The van der Waals surface area contributed by atoms with Crippen LogP contribution in [0.25, 0.3) is 0 Å². The molecule has 1 fully saturated rings. The van der Waals surface area contributed by atoms with Crippen molar-refractivity contribution in [3.63, 3.8) is 0 Å². The zero-order valence-corrected chi connectivity index (χ0v) is 7.11. The molecule has 1 heterocycles. The van der Waals surface area contributed by atoms with E-state index < -0.39 is 17.3 Å². The Morgan fingerprint density at radius 1 is 1.38 bits per heavy atom. The predicted octanol–water partition coefficient (Wildman–Crippen LogP) is 1.24. The first kappa shape index (κ1) is 9.02. The molecule has 0 radical (unpaired) electrons. The van der Waals surface area contributed by atoms with Crippen LogP contribution >= 0.6 is 0 Å². The standard InChI is InChI=1S/C8H10F3NO/c1-13-7(8(9,10)11)4-6(2-3-6)12-5-7/h2-3,12H,4-5H2,1H3. The molecule has 0 bridgehead atoms. The molecule has 2 aliphatic rings. The van der Waals surface area contributed by atoms with Crippen molar-refractivity contribution in [2.24, 2.45) is 0 Å². The third-order valence-corrected chi connectivity index (χ3v) is 2.76. The molecule has 0 amide bonds. The summed E-state index contributed by atoms with van der Waals surface area (Å²) in [7, 11) is 1.11. The summed E-state index contributed by atoms with van der Waals surface area (Å²) in [5.41, 5.74) is -2.51. The highest BCUT2D eigenvalue weighted by molar-refractivity contribution is 5.38. The number of methoxy groups -OCH3 is 1. The zero-order chi connectivity index (χ0) is 9.74. The van der Waals surface area contributed by atoms with Crippen LogP contribution in [0.5, 0.6) is 0 Å². The van der Waals surface area contributed by atoms with Gasteiger partial charge in [0.1, 0.15) is 0 Å². The van der Waals surface area contributed by atoms with Crippen molar-refractivity contribution in [3.8, 4) is 0 Å². The Morgan fingerprint density at radius 2 is 2.00 bits per heavy atom. The molecule has 74 valence electrons. The van der Waals surface area contributed by atoms with Crippen LogP contribution in [-0.4, -0.2) is 31.0 Å². The van der Waals surface area contributed by atoms with Crippen LogP contribution in [0.1, 0.15) is 6.42 Å². The first-order chi connectivity index (χ1) is 5.93. The van der Waals surface area contributed by atoms with E-state index >= 15 is 0 Å². The lowest BCUT2D eigenvalue weighted by atomic mass is 9.97. The smallest absolute Gasteiger partial charge is 0.367 e. The molecule has 0 aromatic rings. The van der Waals surface area contributed by atoms with Gasteiger partial charge in [-0.15, -0.1) is 0 Å². The van der Waals surface area contributed by atoms with Crippen LogP contribution in [0.3, 0.4) is 0 Å². The van der Waals surface area contributed by atoms with Crippen LogP contribution in [0.15, 0.2) is 12.2 Å². The largest absolute Gasteiger partial charge is 0.418 e. The van der Waals surface area contributed by atoms with Gasteiger partial charge in [0.05, 0.1) is 5.54 Å². The average molecular weight is 193 g/mol. The SMILES string of the molecule is COC1(C(F)(F)F)CNC2(C=C2)C1. The Kier molecular flexibility index (Phi) is 1.58. The summed E-state index contributed by atoms with van der Waals surface area (Å²) < 4.78 is 42.4. The number of nitrogens with one attached hydrogen (secondary N) is 1. The van der Waals surface area contributed by atoms with Gasteiger partial charge in [-0.3, -0.25) is 0 Å². The van der Waals surface area contributed by atoms with Gasteiger partial charge >= 0.3 is 6.18 Å². The molecule has 5 heteroatoms. The summed E-state index contributed by atoms with van der Waals surface area (Å²) >= 11 is 0. The molecular weight excluding hydrogens is 183 g/mol. The number of alkyl halides is 3. The molecule has 1 aliphatic carbocycles. The molecule has 2 nitrogen and oxygen atoms in total. The van der Waals surface area contributed by atoms with Crippen LogP contribution < -0.4 is 5.32 Å². The highest BCUT2D eigenvalue weighted by atomic mass is 19.4. The van der Waals surface area contributed by atoms with Gasteiger partial charge in [-0.2, -0.15) is 13.2 Å². The summed E-state index contributed by atoms with van der Waals surface area (Å²) in [6.45, 7) is -0.167. The fraction of sp³-hybridized carbons (Fsp3) is 0.750. The minimum absolute atomic E-state index is 0.0417. The first-order valence-corrected chi connectivity index (χ1v) is 4.00. The zero-order valence-electron chi connectivity index (χ0n) is 7.11. The van der Waals surface area contributed by atoms with Gasteiger partial charge in [0.15, 0.2) is 5.60 Å². The third kappa shape index (κ3) is 1.18. The van der Waals surface area contributed by atoms with Crippen LogP contribution in [-0.2, 0) is 4.74 Å². The van der Waals surface area contributed by atoms with Gasteiger partial charge < -0.3 is 10.1 Å². The molecule has 2 rings (SSSR count). The second-order valence-corrected chi connectivity index (χ2v) is 3.60. The molecule has 1 N–H and O–H groups in total. The van der Waals surface area contributed by atoms with E-state index in [-0.39, 0.29) is 13.0 Å². The number of rotatable bonds is 1. The molecule has 1 unspecified atom stereocenters. The fourth-order valence-electron chi connectivity index (χ4n) is 1.70. The van der Waals surface area contributed by atoms with Gasteiger partial charge in [-0.1, -0.05) is 12.2 Å². The number of hydrogen-bond donors (Lipinski definition) is 1. The molecular formula is C8H10F3NO. The molecule has 13 heavy (non-hydrogen) atoms. The summed E-state index contributed by atoms with van der Waals surface area (Å²) in [4.78, 5) is 0. The Balaban J connectivity index is 2.18. The normalized spacial score (nSPS) is 35.7. The minimum atomic E-state index is -4.30. The average Bonchev–Trinajstić information content (AvgIpc) is 2.61. The van der Waals surface area contributed by atoms with Gasteiger partial charge in [0, 0.05) is 20.1 Å². The van der Waals surface area contributed by atoms with Crippen molar-refractivity contribution in [1.82, 2.24) is 5.32 Å². The minimum Gasteiger partial charge on any atom is -0.367 e. The summed E-state index contributed by atoms with van der Waals surface area (Å²) in [5, 5.41) is 2.80. The second-order valence-electron chi connectivity index (χ2n) is 3.60. The maximum Gasteiger partial charge on any atom is 0.418 e. The van der Waals surface area contributed by atoms with E-state index in [0.717, 1.165) is 7.11 Å². The molecule has 0 aromatic carbocycles. The molecule has 1 saturated heterocycles. The van der Waals surface area contributed by atoms with Gasteiger partial charge in [-0.05, 0) is 0 Å². The number of hydrogen-bond acceptors (Lipinski definition) is 2. The summed E-state index contributed by atoms with van der Waals surface area (Å²) in [6, 6.07) is 0. The van der Waals surface area contributed by atoms with Gasteiger partial charge in [0.25, 0.3) is 0 Å². The third-order valence-electron chi connectivity index (χ3n) is 2.76. The Bertz CT molecular complexity index is 255. The maximum atomic E-state index is 12.6. The summed E-state index contributed by atoms with van der Waals surface area (Å²) in [6.07, 6.45) is -0.873. The van der Waals surface area contributed by atoms with Crippen LogP contribution in [0.2, 0.25) is 0 Å². The van der Waals surface area contributed by atoms with Gasteiger partial charge in [0.2, 0.25) is 0 Å². The second kappa shape index (κ2) is 2.27. The Morgan fingerprint density at radius 3 is 2.23 bits per heavy atom. The lowest BCUT2D eigenvalue weighted by molar-refractivity contribution is -0.262. The van der Waals surface area contributed by atoms with E-state index in [2.05, 4.69) is 10.1 Å². The van der Waals surface area contributed by atoms with E-state index in [4.69, 9.17) is 0 Å². The number of halogens is 3. The predicted molar refractivity (Wildman–Crippen MR) is 40.3 cm³/mol. The monoisotopic (exact) mass is 193 g/mol. The molecule has 1 atom stereocenters. The van der Waals surface area contributed by atoms with Crippen molar-refractivity contribution in [2.45, 2.75) is 23.7 Å². The first-order valence-electron chi connectivity index (χ1n) is 4.00. The van der Waals surface area contributed by atoms with Crippen molar-refractivity contribution in [2.75, 3.05) is 13.7 Å². The summed E-state index contributed by atoms with van der Waals surface area (Å²) in [5.74, 6) is 0. The van der Waals surface area contributed by atoms with Crippen molar-refractivity contribution >= 4 is 0 Å². The molecule has 1 spiro atoms. The highest BCUT2D eigenvalue weighted by Gasteiger charge is 2.64. The fourth-order valence-corrected chi connectivity index (χ4v) is 1.70. The lowest BCUT2D eigenvalue weighted by Gasteiger charge is -2.29. The Labute approximate surface area is 73.8 Å². The topological polar surface area (TPSA) is 21.3 Å². The quantitative estimate of drug-likeness (QED) is 0.632. The van der Waals surface area contributed by atoms with Crippen molar-refractivity contribution in [3.05, 3.63) is 12.2 Å². The van der Waals surface area contributed by atoms with Crippen LogP contribution in [0, 0.1) is 0 Å². The van der Waals surface area contributed by atoms with E-state index in [9.17, 15) is 13.2 Å². The molecule has 0 aromatic heterocycles. The molecule has 1 aliphatic heterocycles. The van der Waals surface area contributed by atoms with Gasteiger partial charge in [-0.25, -0.2) is 0 Å². The lowest BCUT2D eigenvalue weighted by Crippen LogP contribution is -2.48. The van der Waals surface area contributed by atoms with E-state index in [1.165, 1.54) is 0 Å². The van der Waals surface area contributed by atoms with E-state index in [0.29, 0.717) is 0 Å². The van der Waals surface area contributed by atoms with Crippen molar-refractivity contribution < 1.29 is 17.9 Å². The Hall–Kier alpha value is -0.550. The highest BCUT2D eigenvalue weighted by Crippen LogP contribution is 2.47.